The van der Waals surface area contributed by atoms with Gasteiger partial charge in [0.15, 0.2) is 0 Å². The summed E-state index contributed by atoms with van der Waals surface area (Å²) in [6, 6.07) is 4.11. The number of halogens is 1. The summed E-state index contributed by atoms with van der Waals surface area (Å²) in [6.07, 6.45) is 3.69. The Morgan fingerprint density at radius 2 is 2.45 bits per heavy atom. The second-order valence-electron chi connectivity index (χ2n) is 2.73. The van der Waals surface area contributed by atoms with E-state index in [1.165, 1.54) is 0 Å². The average molecular weight is 212 g/mol. The predicted octanol–water partition coefficient (Wildman–Crippen LogP) is 1.66. The Labute approximate surface area is 72.8 Å². The third-order valence-corrected chi connectivity index (χ3v) is 2.35. The van der Waals surface area contributed by atoms with Gasteiger partial charge in [0.05, 0.1) is 6.07 Å². The van der Waals surface area contributed by atoms with Crippen LogP contribution >= 0.6 is 15.9 Å². The van der Waals surface area contributed by atoms with E-state index in [0.717, 1.165) is 17.4 Å². The van der Waals surface area contributed by atoms with E-state index in [4.69, 9.17) is 5.26 Å². The van der Waals surface area contributed by atoms with Crippen molar-refractivity contribution in [2.24, 2.45) is 0 Å². The molecule has 3 nitrogen and oxygen atoms in total. The molecule has 0 N–H and O–H groups in total. The molecule has 1 saturated carbocycles. The van der Waals surface area contributed by atoms with Crippen molar-refractivity contribution < 1.29 is 0 Å². The van der Waals surface area contributed by atoms with Crippen LogP contribution in [-0.2, 0) is 5.54 Å². The Bertz CT molecular complexity index is 319. The van der Waals surface area contributed by atoms with Gasteiger partial charge in [0.1, 0.15) is 10.1 Å². The van der Waals surface area contributed by atoms with Crippen molar-refractivity contribution in [3.8, 4) is 6.07 Å². The van der Waals surface area contributed by atoms with Crippen LogP contribution in [0.5, 0.6) is 0 Å². The molecule has 0 saturated heterocycles. The van der Waals surface area contributed by atoms with Crippen molar-refractivity contribution in [1.82, 2.24) is 9.78 Å². The second-order valence-corrected chi connectivity index (χ2v) is 3.54. The standard InChI is InChI=1S/C7H6BrN3/c8-6-1-4-11(10-6)7(5-9)2-3-7/h1,4H,2-3H2. The molecule has 11 heavy (non-hydrogen) atoms. The fraction of sp³-hybridized carbons (Fsp3) is 0.429. The molecule has 0 amide bonds. The molecule has 4 heteroatoms. The molecule has 0 aromatic carbocycles. The van der Waals surface area contributed by atoms with E-state index in [1.807, 2.05) is 12.3 Å². The molecule has 0 radical (unpaired) electrons. The first-order valence-electron chi connectivity index (χ1n) is 3.40. The molecule has 1 heterocycles. The Hall–Kier alpha value is -0.820. The van der Waals surface area contributed by atoms with Crippen LogP contribution in [0.4, 0.5) is 0 Å². The molecule has 1 aliphatic carbocycles. The van der Waals surface area contributed by atoms with Gasteiger partial charge < -0.3 is 0 Å². The first kappa shape index (κ1) is 6.86. The molecule has 2 rings (SSSR count). The molecule has 0 spiro atoms. The molecule has 1 aromatic heterocycles. The molecule has 1 fully saturated rings. The van der Waals surface area contributed by atoms with Gasteiger partial charge in [-0.15, -0.1) is 0 Å². The lowest BCUT2D eigenvalue weighted by Gasteiger charge is -2.03. The normalized spacial score (nSPS) is 19.3. The molecule has 0 bridgehead atoms. The first-order chi connectivity index (χ1) is 5.27. The third kappa shape index (κ3) is 0.962. The number of aromatic nitrogens is 2. The van der Waals surface area contributed by atoms with Crippen molar-refractivity contribution in [1.29, 1.82) is 5.26 Å². The van der Waals surface area contributed by atoms with E-state index < -0.39 is 0 Å². The van der Waals surface area contributed by atoms with Gasteiger partial charge in [-0.05, 0) is 34.8 Å². The zero-order valence-corrected chi connectivity index (χ0v) is 7.37. The van der Waals surface area contributed by atoms with Gasteiger partial charge in [0, 0.05) is 6.20 Å². The van der Waals surface area contributed by atoms with E-state index >= 15 is 0 Å². The highest BCUT2D eigenvalue weighted by Crippen LogP contribution is 2.42. The lowest BCUT2D eigenvalue weighted by Crippen LogP contribution is -2.14. The molecule has 0 atom stereocenters. The van der Waals surface area contributed by atoms with Crippen molar-refractivity contribution in [3.05, 3.63) is 16.9 Å². The smallest absolute Gasteiger partial charge is 0.149 e. The van der Waals surface area contributed by atoms with Crippen LogP contribution in [0.2, 0.25) is 0 Å². The first-order valence-corrected chi connectivity index (χ1v) is 4.19. The monoisotopic (exact) mass is 211 g/mol. The fourth-order valence-electron chi connectivity index (χ4n) is 1.05. The van der Waals surface area contributed by atoms with Crippen LogP contribution in [0.3, 0.4) is 0 Å². The van der Waals surface area contributed by atoms with Crippen LogP contribution in [-0.4, -0.2) is 9.78 Å². The third-order valence-electron chi connectivity index (χ3n) is 1.93. The SMILES string of the molecule is N#CC1(n2ccc(Br)n2)CC1. The molecule has 1 aromatic rings. The maximum absolute atomic E-state index is 8.79. The summed E-state index contributed by atoms with van der Waals surface area (Å²) in [5.41, 5.74) is -0.313. The van der Waals surface area contributed by atoms with Crippen molar-refractivity contribution in [3.63, 3.8) is 0 Å². The van der Waals surface area contributed by atoms with Gasteiger partial charge in [0.2, 0.25) is 0 Å². The maximum atomic E-state index is 8.79. The van der Waals surface area contributed by atoms with Gasteiger partial charge >= 0.3 is 0 Å². The van der Waals surface area contributed by atoms with E-state index in [1.54, 1.807) is 4.68 Å². The summed E-state index contributed by atoms with van der Waals surface area (Å²) in [5.74, 6) is 0. The molecule has 0 aliphatic heterocycles. The largest absolute Gasteiger partial charge is 0.251 e. The summed E-state index contributed by atoms with van der Waals surface area (Å²) >= 11 is 3.24. The molecule has 1 aliphatic rings. The van der Waals surface area contributed by atoms with Crippen molar-refractivity contribution >= 4 is 15.9 Å². The van der Waals surface area contributed by atoms with Crippen LogP contribution < -0.4 is 0 Å². The van der Waals surface area contributed by atoms with Crippen molar-refractivity contribution in [2.45, 2.75) is 18.4 Å². The minimum Gasteiger partial charge on any atom is -0.251 e. The summed E-state index contributed by atoms with van der Waals surface area (Å²) in [7, 11) is 0. The van der Waals surface area contributed by atoms with Gasteiger partial charge in [-0.2, -0.15) is 10.4 Å². The van der Waals surface area contributed by atoms with E-state index in [0.29, 0.717) is 0 Å². The van der Waals surface area contributed by atoms with Crippen LogP contribution in [0, 0.1) is 11.3 Å². The van der Waals surface area contributed by atoms with Gasteiger partial charge in [-0.1, -0.05) is 0 Å². The second kappa shape index (κ2) is 2.08. The number of rotatable bonds is 1. The van der Waals surface area contributed by atoms with Gasteiger partial charge in [-0.3, -0.25) is 4.68 Å². The molecular weight excluding hydrogens is 206 g/mol. The van der Waals surface area contributed by atoms with E-state index in [9.17, 15) is 0 Å². The van der Waals surface area contributed by atoms with Crippen molar-refractivity contribution in [2.75, 3.05) is 0 Å². The topological polar surface area (TPSA) is 41.6 Å². The highest BCUT2D eigenvalue weighted by Gasteiger charge is 2.46. The summed E-state index contributed by atoms with van der Waals surface area (Å²) in [4.78, 5) is 0. The number of hydrogen-bond donors (Lipinski definition) is 0. The summed E-state index contributed by atoms with van der Waals surface area (Å²) in [6.45, 7) is 0. The van der Waals surface area contributed by atoms with E-state index in [2.05, 4.69) is 27.1 Å². The van der Waals surface area contributed by atoms with Gasteiger partial charge in [0.25, 0.3) is 0 Å². The quantitative estimate of drug-likeness (QED) is 0.710. The van der Waals surface area contributed by atoms with E-state index in [-0.39, 0.29) is 5.54 Å². The minimum absolute atomic E-state index is 0.313. The fourth-order valence-corrected chi connectivity index (χ4v) is 1.34. The molecular formula is C7H6BrN3. The highest BCUT2D eigenvalue weighted by atomic mass is 79.9. The van der Waals surface area contributed by atoms with Crippen LogP contribution in [0.1, 0.15) is 12.8 Å². The Kier molecular flexibility index (Phi) is 1.30. The molecule has 0 unspecified atom stereocenters. The zero-order chi connectivity index (χ0) is 7.90. The van der Waals surface area contributed by atoms with Crippen LogP contribution in [0.15, 0.2) is 16.9 Å². The van der Waals surface area contributed by atoms with Gasteiger partial charge in [-0.25, -0.2) is 0 Å². The minimum atomic E-state index is -0.313. The highest BCUT2D eigenvalue weighted by molar-refractivity contribution is 9.10. The molecule has 56 valence electrons. The predicted molar refractivity (Wildman–Crippen MR) is 42.7 cm³/mol. The summed E-state index contributed by atoms with van der Waals surface area (Å²) < 4.78 is 2.52. The lowest BCUT2D eigenvalue weighted by atomic mass is 10.3. The Morgan fingerprint density at radius 1 is 1.73 bits per heavy atom. The summed E-state index contributed by atoms with van der Waals surface area (Å²) in [5, 5.41) is 12.9. The van der Waals surface area contributed by atoms with Crippen LogP contribution in [0.25, 0.3) is 0 Å². The Balaban J connectivity index is 2.38. The lowest BCUT2D eigenvalue weighted by molar-refractivity contribution is 0.533. The number of hydrogen-bond acceptors (Lipinski definition) is 2. The average Bonchev–Trinajstić information content (AvgIpc) is 2.70. The number of nitrogens with zero attached hydrogens (tertiary/aromatic N) is 3. The zero-order valence-electron chi connectivity index (χ0n) is 5.79. The Morgan fingerprint density at radius 3 is 2.82 bits per heavy atom. The number of nitriles is 1. The maximum Gasteiger partial charge on any atom is 0.149 e.